The van der Waals surface area contributed by atoms with Gasteiger partial charge in [-0.05, 0) is 57.4 Å². The number of hydrogen-bond donors (Lipinski definition) is 3. The molecular formula is C18H30IN3OS. The predicted octanol–water partition coefficient (Wildman–Crippen LogP) is 4.02. The summed E-state index contributed by atoms with van der Waals surface area (Å²) in [5.74, 6) is 0.778. The quantitative estimate of drug-likeness (QED) is 0.248. The molecule has 0 bridgehead atoms. The lowest BCUT2D eigenvalue weighted by Crippen LogP contribution is -2.39. The zero-order chi connectivity index (χ0) is 16.5. The monoisotopic (exact) mass is 463 g/mol. The number of thiophene rings is 1. The molecule has 6 heteroatoms. The summed E-state index contributed by atoms with van der Waals surface area (Å²) >= 11 is 1.56. The summed E-state index contributed by atoms with van der Waals surface area (Å²) in [5, 5.41) is 19.2. The van der Waals surface area contributed by atoms with Crippen molar-refractivity contribution in [2.24, 2.45) is 4.99 Å². The van der Waals surface area contributed by atoms with Crippen LogP contribution in [-0.4, -0.2) is 30.7 Å². The summed E-state index contributed by atoms with van der Waals surface area (Å²) in [6.45, 7) is 5.93. The molecule has 1 aliphatic rings. The van der Waals surface area contributed by atoms with Gasteiger partial charge in [-0.1, -0.05) is 17.7 Å². The fourth-order valence-corrected chi connectivity index (χ4v) is 3.49. The van der Waals surface area contributed by atoms with Crippen molar-refractivity contribution in [3.63, 3.8) is 0 Å². The van der Waals surface area contributed by atoms with Crippen molar-refractivity contribution >= 4 is 41.3 Å². The Kier molecular flexibility index (Phi) is 9.92. The average molecular weight is 463 g/mol. The molecule has 0 spiro atoms. The first-order valence-electron chi connectivity index (χ1n) is 8.58. The molecule has 1 aromatic rings. The van der Waals surface area contributed by atoms with Crippen molar-refractivity contribution in [3.05, 3.63) is 34.0 Å². The number of nitrogens with zero attached hydrogens (tertiary/aromatic N) is 1. The van der Waals surface area contributed by atoms with Crippen LogP contribution in [-0.2, 0) is 5.60 Å². The minimum atomic E-state index is -0.914. The lowest BCUT2D eigenvalue weighted by molar-refractivity contribution is 0.0711. The molecule has 0 aliphatic heterocycles. The second-order valence-corrected chi connectivity index (χ2v) is 7.18. The van der Waals surface area contributed by atoms with Gasteiger partial charge in [0.1, 0.15) is 5.60 Å². The van der Waals surface area contributed by atoms with Gasteiger partial charge in [0, 0.05) is 18.0 Å². The Morgan fingerprint density at radius 2 is 2.21 bits per heavy atom. The summed E-state index contributed by atoms with van der Waals surface area (Å²) in [4.78, 5) is 5.50. The maximum absolute atomic E-state index is 10.6. The van der Waals surface area contributed by atoms with E-state index < -0.39 is 5.60 Å². The molecule has 24 heavy (non-hydrogen) atoms. The molecule has 0 saturated carbocycles. The minimum Gasteiger partial charge on any atom is -0.383 e. The third-order valence-corrected chi connectivity index (χ3v) is 5.19. The molecule has 0 saturated heterocycles. The number of hydrogen-bond acceptors (Lipinski definition) is 3. The summed E-state index contributed by atoms with van der Waals surface area (Å²) in [6, 6.07) is 3.91. The Balaban J connectivity index is 0.00000288. The van der Waals surface area contributed by atoms with E-state index in [4.69, 9.17) is 0 Å². The van der Waals surface area contributed by atoms with Gasteiger partial charge in [-0.3, -0.25) is 0 Å². The highest BCUT2D eigenvalue weighted by atomic mass is 127. The van der Waals surface area contributed by atoms with Crippen LogP contribution < -0.4 is 10.6 Å². The molecule has 0 amide bonds. The van der Waals surface area contributed by atoms with Crippen LogP contribution in [0.3, 0.4) is 0 Å². The number of halogens is 1. The summed E-state index contributed by atoms with van der Waals surface area (Å²) in [5.41, 5.74) is 0.646. The van der Waals surface area contributed by atoms with Crippen LogP contribution in [0.15, 0.2) is 34.2 Å². The summed E-state index contributed by atoms with van der Waals surface area (Å²) in [7, 11) is 0. The number of guanidine groups is 1. The van der Waals surface area contributed by atoms with Gasteiger partial charge in [0.2, 0.25) is 0 Å². The van der Waals surface area contributed by atoms with Crippen molar-refractivity contribution in [1.82, 2.24) is 10.6 Å². The molecule has 3 N–H and O–H groups in total. The van der Waals surface area contributed by atoms with E-state index in [0.717, 1.165) is 30.3 Å². The Hall–Kier alpha value is -0.600. The standard InChI is InChI=1S/C18H29N3OS.HI/c1-3-19-17(20-12-11-15-8-5-4-6-9-15)21-14-18(2,22)16-10-7-13-23-16;/h7-8,10,13,22H,3-6,9,11-12,14H2,1-2H3,(H2,19,20,21);1H. The molecule has 136 valence electrons. The van der Waals surface area contributed by atoms with Gasteiger partial charge < -0.3 is 15.7 Å². The lowest BCUT2D eigenvalue weighted by atomic mass is 9.97. The van der Waals surface area contributed by atoms with Gasteiger partial charge in [-0.15, -0.1) is 35.3 Å². The van der Waals surface area contributed by atoms with Gasteiger partial charge in [0.05, 0.1) is 6.54 Å². The van der Waals surface area contributed by atoms with E-state index >= 15 is 0 Å². The van der Waals surface area contributed by atoms with E-state index in [9.17, 15) is 5.11 Å². The smallest absolute Gasteiger partial charge is 0.191 e. The Morgan fingerprint density at radius 1 is 1.38 bits per heavy atom. The van der Waals surface area contributed by atoms with E-state index in [1.165, 1.54) is 25.7 Å². The molecule has 1 aliphatic carbocycles. The van der Waals surface area contributed by atoms with Crippen LogP contribution >= 0.6 is 35.3 Å². The van der Waals surface area contributed by atoms with Gasteiger partial charge in [0.25, 0.3) is 0 Å². The second-order valence-electron chi connectivity index (χ2n) is 6.23. The van der Waals surface area contributed by atoms with E-state index in [0.29, 0.717) is 6.54 Å². The normalized spacial score (nSPS) is 17.5. The van der Waals surface area contributed by atoms with E-state index in [-0.39, 0.29) is 24.0 Å². The molecule has 1 atom stereocenters. The van der Waals surface area contributed by atoms with E-state index in [1.54, 1.807) is 16.9 Å². The first-order valence-corrected chi connectivity index (χ1v) is 9.46. The third-order valence-electron chi connectivity index (χ3n) is 4.06. The van der Waals surface area contributed by atoms with Gasteiger partial charge in [0.15, 0.2) is 5.96 Å². The third kappa shape index (κ3) is 7.11. The largest absolute Gasteiger partial charge is 0.383 e. The lowest BCUT2D eigenvalue weighted by Gasteiger charge is -2.21. The van der Waals surface area contributed by atoms with E-state index in [2.05, 4.69) is 28.6 Å². The van der Waals surface area contributed by atoms with Gasteiger partial charge in [-0.25, -0.2) is 4.99 Å². The number of rotatable bonds is 7. The van der Waals surface area contributed by atoms with Crippen LogP contribution in [0.4, 0.5) is 0 Å². The highest BCUT2D eigenvalue weighted by Crippen LogP contribution is 2.25. The predicted molar refractivity (Wildman–Crippen MR) is 114 cm³/mol. The fraction of sp³-hybridized carbons (Fsp3) is 0.611. The van der Waals surface area contributed by atoms with Crippen LogP contribution in [0.2, 0.25) is 0 Å². The second kappa shape index (κ2) is 11.1. The van der Waals surface area contributed by atoms with Crippen molar-refractivity contribution in [2.75, 3.05) is 19.6 Å². The highest BCUT2D eigenvalue weighted by molar-refractivity contribution is 14.0. The number of allylic oxidation sites excluding steroid dienone is 1. The molecule has 1 heterocycles. The van der Waals surface area contributed by atoms with Gasteiger partial charge in [-0.2, -0.15) is 0 Å². The average Bonchev–Trinajstić information content (AvgIpc) is 3.09. The van der Waals surface area contributed by atoms with Crippen molar-refractivity contribution < 1.29 is 5.11 Å². The summed E-state index contributed by atoms with van der Waals surface area (Å²) < 4.78 is 0. The first kappa shape index (κ1) is 21.4. The zero-order valence-corrected chi connectivity index (χ0v) is 17.8. The molecule has 1 unspecified atom stereocenters. The fourth-order valence-electron chi connectivity index (χ4n) is 2.71. The van der Waals surface area contributed by atoms with Crippen LogP contribution in [0.25, 0.3) is 0 Å². The van der Waals surface area contributed by atoms with Crippen molar-refractivity contribution in [2.45, 2.75) is 51.6 Å². The first-order chi connectivity index (χ1) is 11.1. The molecule has 4 nitrogen and oxygen atoms in total. The van der Waals surface area contributed by atoms with Crippen LogP contribution in [0.5, 0.6) is 0 Å². The molecule has 1 aromatic heterocycles. The maximum Gasteiger partial charge on any atom is 0.191 e. The highest BCUT2D eigenvalue weighted by Gasteiger charge is 2.23. The SMILES string of the molecule is CCNC(=NCC(C)(O)c1cccs1)NCCC1=CCCCC1.I. The Bertz CT molecular complexity index is 526. The Labute approximate surface area is 166 Å². The Morgan fingerprint density at radius 3 is 2.83 bits per heavy atom. The number of aliphatic imine (C=N–C) groups is 1. The molecule has 0 radical (unpaired) electrons. The molecular weight excluding hydrogens is 433 g/mol. The zero-order valence-electron chi connectivity index (χ0n) is 14.7. The minimum absolute atomic E-state index is 0. The molecule has 0 fully saturated rings. The number of aliphatic hydroxyl groups is 1. The molecule has 0 aromatic carbocycles. The van der Waals surface area contributed by atoms with Crippen molar-refractivity contribution in [3.8, 4) is 0 Å². The maximum atomic E-state index is 10.6. The van der Waals surface area contributed by atoms with Crippen LogP contribution in [0, 0.1) is 0 Å². The van der Waals surface area contributed by atoms with Crippen LogP contribution in [0.1, 0.15) is 50.8 Å². The molecule has 2 rings (SSSR count). The van der Waals surface area contributed by atoms with Crippen molar-refractivity contribution in [1.29, 1.82) is 0 Å². The summed E-state index contributed by atoms with van der Waals surface area (Å²) in [6.07, 6.45) is 8.58. The number of nitrogens with one attached hydrogen (secondary N) is 2. The van der Waals surface area contributed by atoms with Gasteiger partial charge >= 0.3 is 0 Å². The van der Waals surface area contributed by atoms with E-state index in [1.807, 2.05) is 24.4 Å². The topological polar surface area (TPSA) is 56.7 Å².